The van der Waals surface area contributed by atoms with E-state index in [9.17, 15) is 18.5 Å². The molecule has 0 aliphatic carbocycles. The fraction of sp³-hybridized carbons (Fsp3) is 0.538. The minimum atomic E-state index is -3.39. The summed E-state index contributed by atoms with van der Waals surface area (Å²) in [5.41, 5.74) is 0.553. The highest BCUT2D eigenvalue weighted by Crippen LogP contribution is 2.30. The van der Waals surface area contributed by atoms with Gasteiger partial charge in [0.1, 0.15) is 0 Å². The minimum absolute atomic E-state index is 0.00766. The van der Waals surface area contributed by atoms with Crippen LogP contribution in [-0.4, -0.2) is 25.7 Å². The second-order valence-corrected chi connectivity index (χ2v) is 6.54. The Kier molecular flexibility index (Phi) is 6.57. The first-order chi connectivity index (χ1) is 9.81. The maximum Gasteiger partial charge on any atom is 0.313 e. The van der Waals surface area contributed by atoms with E-state index in [-0.39, 0.29) is 17.2 Å². The highest BCUT2D eigenvalue weighted by Gasteiger charge is 2.17. The van der Waals surface area contributed by atoms with Crippen molar-refractivity contribution in [2.45, 2.75) is 32.6 Å². The summed E-state index contributed by atoms with van der Waals surface area (Å²) in [7, 11) is -3.39. The van der Waals surface area contributed by atoms with Gasteiger partial charge in [-0.2, -0.15) is 0 Å². The Balaban J connectivity index is 2.34. The number of nitro benzene ring substituents is 1. The van der Waals surface area contributed by atoms with Crippen molar-refractivity contribution in [2.24, 2.45) is 5.14 Å². The number of hydrogen-bond donors (Lipinski definition) is 1. The fourth-order valence-corrected chi connectivity index (χ4v) is 2.53. The third-order valence-corrected chi connectivity index (χ3v) is 3.82. The van der Waals surface area contributed by atoms with Crippen LogP contribution < -0.4 is 9.88 Å². The monoisotopic (exact) mass is 316 g/mol. The van der Waals surface area contributed by atoms with Gasteiger partial charge in [0.2, 0.25) is 10.0 Å². The van der Waals surface area contributed by atoms with Crippen molar-refractivity contribution >= 4 is 15.7 Å². The number of benzene rings is 1. The number of para-hydroxylation sites is 1. The van der Waals surface area contributed by atoms with Crippen LogP contribution in [0.5, 0.6) is 5.75 Å². The highest BCUT2D eigenvalue weighted by molar-refractivity contribution is 7.89. The Bertz CT molecular complexity index is 586. The molecule has 0 atom stereocenters. The molecule has 0 amide bonds. The molecule has 2 N–H and O–H groups in total. The fourth-order valence-electron chi connectivity index (χ4n) is 1.92. The maximum absolute atomic E-state index is 11.0. The normalized spacial score (nSPS) is 11.3. The maximum atomic E-state index is 11.0. The largest absolute Gasteiger partial charge is 0.487 e. The smallest absolute Gasteiger partial charge is 0.313 e. The van der Waals surface area contributed by atoms with Crippen LogP contribution in [0.25, 0.3) is 0 Å². The number of hydrogen-bond acceptors (Lipinski definition) is 5. The Labute approximate surface area is 124 Å². The lowest BCUT2D eigenvalue weighted by atomic mass is 10.2. The molecule has 0 bridgehead atoms. The Hall–Kier alpha value is -1.67. The molecule has 0 aliphatic heterocycles. The Morgan fingerprint density at radius 1 is 1.24 bits per heavy atom. The van der Waals surface area contributed by atoms with Crippen molar-refractivity contribution in [3.05, 3.63) is 33.9 Å². The molecule has 0 fully saturated rings. The van der Waals surface area contributed by atoms with Crippen LogP contribution >= 0.6 is 0 Å². The molecule has 118 valence electrons. The van der Waals surface area contributed by atoms with Gasteiger partial charge in [-0.05, 0) is 25.8 Å². The minimum Gasteiger partial charge on any atom is -0.487 e. The topological polar surface area (TPSA) is 113 Å². The predicted molar refractivity (Wildman–Crippen MR) is 79.8 cm³/mol. The van der Waals surface area contributed by atoms with E-state index < -0.39 is 14.9 Å². The summed E-state index contributed by atoms with van der Waals surface area (Å²) in [6.07, 6.45) is 2.74. The SMILES string of the molecule is Cc1cccc(OCCCCCCS(N)(=O)=O)c1[N+](=O)[O-]. The predicted octanol–water partition coefficient (Wildman–Crippen LogP) is 2.13. The first-order valence-electron chi connectivity index (χ1n) is 6.68. The molecule has 1 aromatic rings. The number of unbranched alkanes of at least 4 members (excludes halogenated alkanes) is 3. The first kappa shape index (κ1) is 17.4. The molecule has 0 aliphatic rings. The van der Waals surface area contributed by atoms with E-state index in [0.717, 1.165) is 12.8 Å². The van der Waals surface area contributed by atoms with Crippen LogP contribution in [0, 0.1) is 17.0 Å². The molecule has 1 aromatic carbocycles. The average molecular weight is 316 g/mol. The summed E-state index contributed by atoms with van der Waals surface area (Å²) >= 11 is 0. The zero-order valence-electron chi connectivity index (χ0n) is 11.9. The van der Waals surface area contributed by atoms with Gasteiger partial charge in [-0.3, -0.25) is 10.1 Å². The molecule has 0 saturated carbocycles. The lowest BCUT2D eigenvalue weighted by Crippen LogP contribution is -2.16. The number of ether oxygens (including phenoxy) is 1. The van der Waals surface area contributed by atoms with E-state index >= 15 is 0 Å². The van der Waals surface area contributed by atoms with E-state index in [1.807, 2.05) is 0 Å². The van der Waals surface area contributed by atoms with Gasteiger partial charge in [0.25, 0.3) is 0 Å². The number of rotatable bonds is 9. The zero-order valence-corrected chi connectivity index (χ0v) is 12.8. The van der Waals surface area contributed by atoms with Gasteiger partial charge in [-0.15, -0.1) is 0 Å². The van der Waals surface area contributed by atoms with Gasteiger partial charge < -0.3 is 4.74 Å². The van der Waals surface area contributed by atoms with Crippen LogP contribution in [0.3, 0.4) is 0 Å². The van der Waals surface area contributed by atoms with Gasteiger partial charge >= 0.3 is 5.69 Å². The molecule has 21 heavy (non-hydrogen) atoms. The van der Waals surface area contributed by atoms with Crippen LogP contribution in [0.4, 0.5) is 5.69 Å². The van der Waals surface area contributed by atoms with Crippen LogP contribution in [0.2, 0.25) is 0 Å². The van der Waals surface area contributed by atoms with Crippen LogP contribution in [-0.2, 0) is 10.0 Å². The third kappa shape index (κ3) is 6.54. The van der Waals surface area contributed by atoms with Crippen molar-refractivity contribution in [1.29, 1.82) is 0 Å². The van der Waals surface area contributed by atoms with Crippen molar-refractivity contribution in [3.8, 4) is 5.75 Å². The van der Waals surface area contributed by atoms with Crippen molar-refractivity contribution in [2.75, 3.05) is 12.4 Å². The van der Waals surface area contributed by atoms with E-state index in [2.05, 4.69) is 0 Å². The Morgan fingerprint density at radius 2 is 1.90 bits per heavy atom. The molecule has 1 rings (SSSR count). The highest BCUT2D eigenvalue weighted by atomic mass is 32.2. The van der Waals surface area contributed by atoms with E-state index in [0.29, 0.717) is 25.0 Å². The molecule has 8 heteroatoms. The number of nitro groups is 1. The van der Waals surface area contributed by atoms with Crippen molar-refractivity contribution in [1.82, 2.24) is 0 Å². The van der Waals surface area contributed by atoms with Crippen LogP contribution in [0.15, 0.2) is 18.2 Å². The van der Waals surface area contributed by atoms with Crippen LogP contribution in [0.1, 0.15) is 31.2 Å². The summed E-state index contributed by atoms with van der Waals surface area (Å²) in [6, 6.07) is 4.95. The molecular weight excluding hydrogens is 296 g/mol. The molecule has 0 spiro atoms. The Morgan fingerprint density at radius 3 is 2.52 bits per heavy atom. The molecule has 0 aromatic heterocycles. The molecule has 7 nitrogen and oxygen atoms in total. The molecule has 0 heterocycles. The molecule has 0 radical (unpaired) electrons. The molecule has 0 unspecified atom stereocenters. The van der Waals surface area contributed by atoms with E-state index in [1.54, 1.807) is 25.1 Å². The number of primary sulfonamides is 1. The summed E-state index contributed by atoms with van der Waals surface area (Å²) in [6.45, 7) is 2.03. The lowest BCUT2D eigenvalue weighted by molar-refractivity contribution is -0.386. The number of sulfonamides is 1. The van der Waals surface area contributed by atoms with Gasteiger partial charge in [-0.25, -0.2) is 13.6 Å². The third-order valence-electron chi connectivity index (χ3n) is 2.96. The summed E-state index contributed by atoms with van der Waals surface area (Å²) in [4.78, 5) is 10.5. The van der Waals surface area contributed by atoms with Gasteiger partial charge in [0.15, 0.2) is 5.75 Å². The zero-order chi connectivity index (χ0) is 15.9. The summed E-state index contributed by atoms with van der Waals surface area (Å²) in [5, 5.41) is 15.9. The van der Waals surface area contributed by atoms with Gasteiger partial charge in [0, 0.05) is 5.56 Å². The second-order valence-electron chi connectivity index (χ2n) is 4.81. The quantitative estimate of drug-likeness (QED) is 0.426. The second kappa shape index (κ2) is 7.94. The average Bonchev–Trinajstić information content (AvgIpc) is 2.35. The van der Waals surface area contributed by atoms with E-state index in [4.69, 9.17) is 9.88 Å². The first-order valence-corrected chi connectivity index (χ1v) is 8.40. The number of nitrogens with two attached hydrogens (primary N) is 1. The van der Waals surface area contributed by atoms with Gasteiger partial charge in [-0.1, -0.05) is 25.0 Å². The van der Waals surface area contributed by atoms with E-state index in [1.165, 1.54) is 0 Å². The summed E-state index contributed by atoms with van der Waals surface area (Å²) in [5.74, 6) is 0.251. The number of aryl methyl sites for hydroxylation is 1. The number of nitrogens with zero attached hydrogens (tertiary/aromatic N) is 1. The van der Waals surface area contributed by atoms with Crippen molar-refractivity contribution < 1.29 is 18.1 Å². The molecular formula is C13H20N2O5S. The lowest BCUT2D eigenvalue weighted by Gasteiger charge is -2.08. The van der Waals surface area contributed by atoms with Crippen molar-refractivity contribution in [3.63, 3.8) is 0 Å². The summed E-state index contributed by atoms with van der Waals surface area (Å²) < 4.78 is 26.9. The molecule has 0 saturated heterocycles. The van der Waals surface area contributed by atoms with Gasteiger partial charge in [0.05, 0.1) is 17.3 Å². The standard InChI is InChI=1S/C13H20N2O5S/c1-11-7-6-8-12(13(11)15(16)17)20-9-4-2-3-5-10-21(14,18)19/h6-8H,2-5,9-10H2,1H3,(H2,14,18,19).